The summed E-state index contributed by atoms with van der Waals surface area (Å²) in [5, 5.41) is 11.9. The Bertz CT molecular complexity index is 914. The van der Waals surface area contributed by atoms with Crippen LogP contribution in [0.25, 0.3) is 11.4 Å². The van der Waals surface area contributed by atoms with Gasteiger partial charge < -0.3 is 19.7 Å². The predicted molar refractivity (Wildman–Crippen MR) is 115 cm³/mol. The molecule has 0 bridgehead atoms. The van der Waals surface area contributed by atoms with Crippen LogP contribution in [0.15, 0.2) is 24.3 Å². The fourth-order valence-corrected chi connectivity index (χ4v) is 4.29. The van der Waals surface area contributed by atoms with Crippen molar-refractivity contribution < 1.29 is 9.59 Å². The summed E-state index contributed by atoms with van der Waals surface area (Å²) in [5.41, 5.74) is 1.75. The number of aryl methyl sites for hydroxylation is 1. The number of carbonyl (C=O) groups is 2. The highest BCUT2D eigenvalue weighted by molar-refractivity contribution is 5.93. The van der Waals surface area contributed by atoms with E-state index < -0.39 is 0 Å². The molecular formula is C22H30N6O2. The molecule has 0 spiro atoms. The maximum absolute atomic E-state index is 12.8. The first-order valence-electron chi connectivity index (χ1n) is 10.8. The number of amides is 3. The van der Waals surface area contributed by atoms with E-state index in [1.807, 2.05) is 24.3 Å². The monoisotopic (exact) mass is 410 g/mol. The zero-order valence-corrected chi connectivity index (χ0v) is 17.8. The highest BCUT2D eigenvalue weighted by atomic mass is 16.2. The molecule has 160 valence electrons. The molecule has 0 aliphatic carbocycles. The van der Waals surface area contributed by atoms with Crippen molar-refractivity contribution in [2.75, 3.05) is 32.5 Å². The van der Waals surface area contributed by atoms with Crippen LogP contribution in [0.5, 0.6) is 0 Å². The van der Waals surface area contributed by atoms with Gasteiger partial charge in [-0.05, 0) is 37.8 Å². The van der Waals surface area contributed by atoms with Crippen molar-refractivity contribution in [2.24, 2.45) is 5.92 Å². The summed E-state index contributed by atoms with van der Waals surface area (Å²) in [7, 11) is 3.50. The van der Waals surface area contributed by atoms with E-state index in [0.717, 1.165) is 48.7 Å². The molecule has 8 heteroatoms. The fraction of sp³-hybridized carbons (Fsp3) is 0.545. The van der Waals surface area contributed by atoms with Gasteiger partial charge in [0.05, 0.1) is 0 Å². The Kier molecular flexibility index (Phi) is 6.01. The first kappa shape index (κ1) is 20.4. The minimum absolute atomic E-state index is 0.00833. The molecule has 1 fully saturated rings. The Morgan fingerprint density at radius 3 is 2.63 bits per heavy atom. The molecule has 0 atom stereocenters. The molecule has 3 heterocycles. The second kappa shape index (κ2) is 8.85. The third-order valence-corrected chi connectivity index (χ3v) is 6.02. The zero-order valence-electron chi connectivity index (χ0n) is 17.8. The largest absolute Gasteiger partial charge is 0.331 e. The van der Waals surface area contributed by atoms with E-state index in [9.17, 15) is 9.59 Å². The van der Waals surface area contributed by atoms with Crippen molar-refractivity contribution in [2.45, 2.75) is 45.1 Å². The van der Waals surface area contributed by atoms with Gasteiger partial charge in [0.1, 0.15) is 5.82 Å². The maximum Gasteiger partial charge on any atom is 0.319 e. The number of hydrogen-bond donors (Lipinski definition) is 1. The summed E-state index contributed by atoms with van der Waals surface area (Å²) in [6.07, 6.45) is 5.86. The van der Waals surface area contributed by atoms with E-state index in [2.05, 4.69) is 20.1 Å². The van der Waals surface area contributed by atoms with Gasteiger partial charge in [-0.3, -0.25) is 4.79 Å². The lowest BCUT2D eigenvalue weighted by molar-refractivity contribution is -0.121. The summed E-state index contributed by atoms with van der Waals surface area (Å²) in [6.45, 7) is 2.17. The lowest BCUT2D eigenvalue weighted by Crippen LogP contribution is -2.45. The Balaban J connectivity index is 1.41. The molecule has 0 saturated carbocycles. The molecule has 3 amide bonds. The van der Waals surface area contributed by atoms with E-state index in [0.29, 0.717) is 25.9 Å². The first-order valence-corrected chi connectivity index (χ1v) is 10.8. The predicted octanol–water partition coefficient (Wildman–Crippen LogP) is 3.00. The van der Waals surface area contributed by atoms with Gasteiger partial charge in [0.2, 0.25) is 5.91 Å². The number of carbonyl (C=O) groups excluding carboxylic acids is 2. The zero-order chi connectivity index (χ0) is 21.1. The van der Waals surface area contributed by atoms with Crippen molar-refractivity contribution in [3.63, 3.8) is 0 Å². The minimum atomic E-state index is -0.0794. The molecule has 0 radical (unpaired) electrons. The molecule has 0 unspecified atom stereocenters. The van der Waals surface area contributed by atoms with Gasteiger partial charge in [-0.1, -0.05) is 18.6 Å². The van der Waals surface area contributed by atoms with Crippen molar-refractivity contribution in [1.82, 2.24) is 24.6 Å². The number of nitrogens with zero attached hydrogens (tertiary/aromatic N) is 5. The van der Waals surface area contributed by atoms with E-state index in [1.165, 1.54) is 6.42 Å². The van der Waals surface area contributed by atoms with E-state index in [1.54, 1.807) is 23.9 Å². The maximum atomic E-state index is 12.8. The Morgan fingerprint density at radius 1 is 1.07 bits per heavy atom. The molecule has 1 aromatic carbocycles. The van der Waals surface area contributed by atoms with Crippen molar-refractivity contribution in [1.29, 1.82) is 0 Å². The van der Waals surface area contributed by atoms with Crippen LogP contribution < -0.4 is 5.32 Å². The van der Waals surface area contributed by atoms with Crippen molar-refractivity contribution in [3.05, 3.63) is 30.1 Å². The Labute approximate surface area is 177 Å². The first-order chi connectivity index (χ1) is 14.5. The summed E-state index contributed by atoms with van der Waals surface area (Å²) >= 11 is 0. The van der Waals surface area contributed by atoms with E-state index in [4.69, 9.17) is 0 Å². The highest BCUT2D eigenvalue weighted by Crippen LogP contribution is 2.26. The standard InChI is InChI=1S/C22H30N6O2/c1-26(2)22(30)27-13-10-16(11-14-27)21(29)23-18-8-6-7-17(15-18)20-25-24-19-9-4-3-5-12-28(19)20/h6-8,15-16H,3-5,9-14H2,1-2H3,(H,23,29). The molecule has 2 aliphatic rings. The van der Waals surface area contributed by atoms with E-state index >= 15 is 0 Å². The van der Waals surface area contributed by atoms with Crippen LogP contribution >= 0.6 is 0 Å². The lowest BCUT2D eigenvalue weighted by atomic mass is 9.96. The number of likely N-dealkylation sites (tertiary alicyclic amines) is 1. The average Bonchev–Trinajstić information content (AvgIpc) is 3.01. The van der Waals surface area contributed by atoms with Crippen molar-refractivity contribution in [3.8, 4) is 11.4 Å². The number of rotatable bonds is 3. The summed E-state index contributed by atoms with van der Waals surface area (Å²) < 4.78 is 2.21. The van der Waals surface area contributed by atoms with Crippen molar-refractivity contribution >= 4 is 17.6 Å². The van der Waals surface area contributed by atoms with Gasteiger partial charge in [0.25, 0.3) is 0 Å². The third-order valence-electron chi connectivity index (χ3n) is 6.02. The van der Waals surface area contributed by atoms with Gasteiger partial charge in [-0.15, -0.1) is 10.2 Å². The van der Waals surface area contributed by atoms with Crippen LogP contribution in [0.4, 0.5) is 10.5 Å². The topological polar surface area (TPSA) is 83.4 Å². The van der Waals surface area contributed by atoms with Crippen LogP contribution in [0.1, 0.15) is 37.9 Å². The Morgan fingerprint density at radius 2 is 1.87 bits per heavy atom. The fourth-order valence-electron chi connectivity index (χ4n) is 4.29. The summed E-state index contributed by atoms with van der Waals surface area (Å²) in [4.78, 5) is 28.3. The van der Waals surface area contributed by atoms with Crippen LogP contribution in [-0.4, -0.2) is 63.7 Å². The number of hydrogen-bond acceptors (Lipinski definition) is 4. The molecule has 1 aromatic heterocycles. The van der Waals surface area contributed by atoms with Crippen LogP contribution in [0, 0.1) is 5.92 Å². The minimum Gasteiger partial charge on any atom is -0.331 e. The number of urea groups is 1. The summed E-state index contributed by atoms with van der Waals surface area (Å²) in [5.74, 6) is 1.86. The average molecular weight is 411 g/mol. The SMILES string of the molecule is CN(C)C(=O)N1CCC(C(=O)Nc2cccc(-c3nnc4n3CCCCC4)c2)CC1. The molecule has 1 saturated heterocycles. The molecule has 2 aromatic rings. The molecule has 30 heavy (non-hydrogen) atoms. The van der Waals surface area contributed by atoms with Crippen LogP contribution in [-0.2, 0) is 17.8 Å². The van der Waals surface area contributed by atoms with Crippen LogP contribution in [0.3, 0.4) is 0 Å². The molecule has 8 nitrogen and oxygen atoms in total. The molecule has 2 aliphatic heterocycles. The second-order valence-electron chi connectivity index (χ2n) is 8.41. The van der Waals surface area contributed by atoms with Gasteiger partial charge in [0, 0.05) is 57.3 Å². The van der Waals surface area contributed by atoms with Gasteiger partial charge in [0.15, 0.2) is 5.82 Å². The smallest absolute Gasteiger partial charge is 0.319 e. The van der Waals surface area contributed by atoms with E-state index in [-0.39, 0.29) is 17.9 Å². The van der Waals surface area contributed by atoms with Gasteiger partial charge >= 0.3 is 6.03 Å². The summed E-state index contributed by atoms with van der Waals surface area (Å²) in [6, 6.07) is 7.86. The number of nitrogens with one attached hydrogen (secondary N) is 1. The number of piperidine rings is 1. The number of benzene rings is 1. The van der Waals surface area contributed by atoms with Gasteiger partial charge in [-0.25, -0.2) is 4.79 Å². The third kappa shape index (κ3) is 4.32. The van der Waals surface area contributed by atoms with Gasteiger partial charge in [-0.2, -0.15) is 0 Å². The number of anilines is 1. The second-order valence-corrected chi connectivity index (χ2v) is 8.41. The molecule has 1 N–H and O–H groups in total. The Hall–Kier alpha value is -2.90. The molecular weight excluding hydrogens is 380 g/mol. The number of aromatic nitrogens is 3. The number of fused-ring (bicyclic) bond motifs is 1. The molecule has 4 rings (SSSR count). The highest BCUT2D eigenvalue weighted by Gasteiger charge is 2.28. The van der Waals surface area contributed by atoms with Crippen LogP contribution in [0.2, 0.25) is 0 Å². The normalized spacial score (nSPS) is 17.2. The quantitative estimate of drug-likeness (QED) is 0.843. The lowest BCUT2D eigenvalue weighted by Gasteiger charge is -2.33.